The first kappa shape index (κ1) is 26.3. The number of esters is 2. The van der Waals surface area contributed by atoms with Gasteiger partial charge in [-0.05, 0) is 18.1 Å². The Kier molecular flexibility index (Phi) is 14.1. The summed E-state index contributed by atoms with van der Waals surface area (Å²) in [6.45, 7) is 4.96. The van der Waals surface area contributed by atoms with Gasteiger partial charge >= 0.3 is 41.5 Å². The molecule has 0 bridgehead atoms. The number of carbonyl (C=O) groups is 2. The minimum absolute atomic E-state index is 0. The van der Waals surface area contributed by atoms with E-state index in [9.17, 15) is 9.59 Å². The summed E-state index contributed by atoms with van der Waals surface area (Å²) in [4.78, 5) is 23.5. The van der Waals surface area contributed by atoms with Crippen LogP contribution in [0.5, 0.6) is 0 Å². The summed E-state index contributed by atoms with van der Waals surface area (Å²) >= 11 is 0. The third-order valence-corrected chi connectivity index (χ3v) is 3.85. The van der Waals surface area contributed by atoms with E-state index in [0.717, 1.165) is 11.1 Å². The van der Waals surface area contributed by atoms with Crippen molar-refractivity contribution in [1.29, 1.82) is 0 Å². The van der Waals surface area contributed by atoms with Gasteiger partial charge in [-0.1, -0.05) is 60.7 Å². The third kappa shape index (κ3) is 12.1. The van der Waals surface area contributed by atoms with E-state index < -0.39 is 18.0 Å². The van der Waals surface area contributed by atoms with Gasteiger partial charge in [0.15, 0.2) is 0 Å². The molecular weight excluding hydrogens is 395 g/mol. The zero-order chi connectivity index (χ0) is 20.7. The van der Waals surface area contributed by atoms with Crippen LogP contribution in [-0.4, -0.2) is 67.4 Å². The summed E-state index contributed by atoms with van der Waals surface area (Å²) in [5.74, 6) is -0.866. The van der Waals surface area contributed by atoms with Gasteiger partial charge in [0.1, 0.15) is 12.7 Å². The molecule has 7 heteroatoms. The molecule has 0 amide bonds. The maximum absolute atomic E-state index is 11.8. The Bertz CT molecular complexity index is 723. The fourth-order valence-electron chi connectivity index (χ4n) is 2.38. The molecule has 30 heavy (non-hydrogen) atoms. The second-order valence-electron chi connectivity index (χ2n) is 6.37. The zero-order valence-corrected chi connectivity index (χ0v) is 16.5. The number of rotatable bonds is 13. The van der Waals surface area contributed by atoms with Gasteiger partial charge in [-0.15, -0.1) is 0 Å². The van der Waals surface area contributed by atoms with Crippen LogP contribution >= 0.6 is 0 Å². The molecule has 1 atom stereocenters. The fraction of sp³-hybridized carbons (Fsp3) is 0.348. The molecule has 0 fully saturated rings. The van der Waals surface area contributed by atoms with Crippen molar-refractivity contribution in [3.05, 3.63) is 78.7 Å². The Hall–Kier alpha value is -1.70. The first-order valence-electron chi connectivity index (χ1n) is 9.55. The molecule has 0 aliphatic rings. The second kappa shape index (κ2) is 16.1. The van der Waals surface area contributed by atoms with E-state index in [-0.39, 0.29) is 62.2 Å². The Balaban J connectivity index is 0.00000450. The van der Waals surface area contributed by atoms with Crippen LogP contribution in [0.4, 0.5) is 0 Å². The van der Waals surface area contributed by atoms with Crippen LogP contribution in [0.1, 0.15) is 24.0 Å². The summed E-state index contributed by atoms with van der Waals surface area (Å²) in [6.07, 6.45) is -0.521. The average molecular weight is 423 g/mol. The number of hydrogen-bond acceptors (Lipinski definition) is 6. The molecule has 0 heterocycles. The maximum atomic E-state index is 11.8. The monoisotopic (exact) mass is 423 g/mol. The first-order chi connectivity index (χ1) is 14.1. The van der Waals surface area contributed by atoms with Gasteiger partial charge in [0.25, 0.3) is 0 Å². The van der Waals surface area contributed by atoms with Crippen molar-refractivity contribution in [3.63, 3.8) is 0 Å². The first-order valence-corrected chi connectivity index (χ1v) is 9.55. The van der Waals surface area contributed by atoms with Crippen molar-refractivity contribution in [2.75, 3.05) is 19.8 Å². The Morgan fingerprint density at radius 3 is 1.73 bits per heavy atom. The van der Waals surface area contributed by atoms with E-state index in [1.54, 1.807) is 0 Å². The molecule has 2 aromatic carbocycles. The molecule has 6 nitrogen and oxygen atoms in total. The van der Waals surface area contributed by atoms with Crippen molar-refractivity contribution >= 4 is 41.5 Å². The Morgan fingerprint density at radius 1 is 0.767 bits per heavy atom. The van der Waals surface area contributed by atoms with Gasteiger partial charge < -0.3 is 18.9 Å². The van der Waals surface area contributed by atoms with Crippen LogP contribution in [0.3, 0.4) is 0 Å². The van der Waals surface area contributed by atoms with E-state index in [1.807, 2.05) is 60.7 Å². The van der Waals surface area contributed by atoms with E-state index in [4.69, 9.17) is 18.9 Å². The number of benzene rings is 2. The number of carbonyl (C=O) groups excluding carboxylic acids is 2. The average Bonchev–Trinajstić information content (AvgIpc) is 2.74. The van der Waals surface area contributed by atoms with Gasteiger partial charge in [0.05, 0.1) is 39.3 Å². The molecule has 0 spiro atoms. The van der Waals surface area contributed by atoms with Crippen molar-refractivity contribution in [2.24, 2.45) is 0 Å². The molecule has 0 saturated heterocycles. The van der Waals surface area contributed by atoms with Gasteiger partial charge in [-0.3, -0.25) is 9.59 Å². The second-order valence-corrected chi connectivity index (χ2v) is 6.37. The number of hydrogen-bond donors (Lipinski definition) is 0. The Labute approximate surface area is 200 Å². The van der Waals surface area contributed by atoms with Gasteiger partial charge in [-0.25, -0.2) is 0 Å². The minimum atomic E-state index is -0.759. The zero-order valence-electron chi connectivity index (χ0n) is 16.5. The standard InChI is InChI=1S/C23H27O6.Na.H/c1-19(29-23(25)13-15-27-18-21-10-6-3-7-11-21)16-28-22(24)12-14-26-17-20-8-4-2-5-9-20;;/h2-11,19H,1,12-18H2;;. The van der Waals surface area contributed by atoms with Crippen molar-refractivity contribution in [1.82, 2.24) is 0 Å². The fourth-order valence-corrected chi connectivity index (χ4v) is 2.38. The quantitative estimate of drug-likeness (QED) is 0.280. The molecule has 1 unspecified atom stereocenters. The molecule has 0 N–H and O–H groups in total. The summed E-state index contributed by atoms with van der Waals surface area (Å²) in [6, 6.07) is 19.4. The van der Waals surface area contributed by atoms with Crippen molar-refractivity contribution in [3.8, 4) is 0 Å². The van der Waals surface area contributed by atoms with Crippen LogP contribution in [-0.2, 0) is 41.8 Å². The normalized spacial score (nSPS) is 11.2. The molecule has 0 aliphatic heterocycles. The predicted molar refractivity (Wildman–Crippen MR) is 115 cm³/mol. The Morgan fingerprint density at radius 2 is 1.23 bits per heavy atom. The van der Waals surface area contributed by atoms with Crippen molar-refractivity contribution < 1.29 is 28.5 Å². The van der Waals surface area contributed by atoms with Crippen LogP contribution in [0.25, 0.3) is 0 Å². The predicted octanol–water partition coefficient (Wildman–Crippen LogP) is 2.84. The summed E-state index contributed by atoms with van der Waals surface area (Å²) in [5, 5.41) is 0. The molecule has 0 aliphatic carbocycles. The van der Waals surface area contributed by atoms with E-state index in [0.29, 0.717) is 13.2 Å². The van der Waals surface area contributed by atoms with E-state index >= 15 is 0 Å². The van der Waals surface area contributed by atoms with Crippen LogP contribution in [0.2, 0.25) is 0 Å². The molecule has 157 valence electrons. The number of ether oxygens (including phenoxy) is 4. The van der Waals surface area contributed by atoms with E-state index in [2.05, 4.69) is 6.92 Å². The van der Waals surface area contributed by atoms with Crippen LogP contribution < -0.4 is 0 Å². The SMILES string of the molecule is [CH2]C(COC(=O)CCOCc1ccccc1)OC(=O)CCOCc1ccccc1.[NaH]. The summed E-state index contributed by atoms with van der Waals surface area (Å²) < 4.78 is 21.0. The molecule has 0 saturated carbocycles. The van der Waals surface area contributed by atoms with Gasteiger partial charge in [-0.2, -0.15) is 0 Å². The van der Waals surface area contributed by atoms with Crippen molar-refractivity contribution in [2.45, 2.75) is 32.2 Å². The molecule has 0 aromatic heterocycles. The van der Waals surface area contributed by atoms with Gasteiger partial charge in [0.2, 0.25) is 0 Å². The topological polar surface area (TPSA) is 71.1 Å². The molecule has 2 aromatic rings. The molecule has 2 rings (SSSR count). The molecule has 1 radical (unpaired) electrons. The van der Waals surface area contributed by atoms with Crippen LogP contribution in [0, 0.1) is 6.92 Å². The molecular formula is C23H28NaO6. The van der Waals surface area contributed by atoms with E-state index in [1.165, 1.54) is 0 Å². The van der Waals surface area contributed by atoms with Gasteiger partial charge in [0, 0.05) is 0 Å². The summed E-state index contributed by atoms with van der Waals surface area (Å²) in [5.41, 5.74) is 2.08. The summed E-state index contributed by atoms with van der Waals surface area (Å²) in [7, 11) is 0. The van der Waals surface area contributed by atoms with Crippen LogP contribution in [0.15, 0.2) is 60.7 Å². The third-order valence-electron chi connectivity index (χ3n) is 3.85.